The molecule has 1 aromatic heterocycles. The van der Waals surface area contributed by atoms with Crippen LogP contribution in [0.4, 0.5) is 13.9 Å². The van der Waals surface area contributed by atoms with Gasteiger partial charge in [-0.25, -0.2) is 13.8 Å². The van der Waals surface area contributed by atoms with Crippen LogP contribution in [0.3, 0.4) is 0 Å². The summed E-state index contributed by atoms with van der Waals surface area (Å²) < 4.78 is 36.9. The lowest BCUT2D eigenvalue weighted by molar-refractivity contribution is -0.118. The molecule has 1 saturated heterocycles. The van der Waals surface area contributed by atoms with Crippen LogP contribution in [0.15, 0.2) is 23.6 Å². The zero-order valence-corrected chi connectivity index (χ0v) is 14.5. The number of halogens is 2. The van der Waals surface area contributed by atoms with E-state index in [4.69, 9.17) is 9.47 Å². The number of amides is 1. The molecule has 25 heavy (non-hydrogen) atoms. The number of hydrogen-bond acceptors (Lipinski definition) is 6. The average molecular weight is 369 g/mol. The number of nitrogens with one attached hydrogen (secondary N) is 2. The maximum absolute atomic E-state index is 13.2. The number of carbonyl (C=O) groups is 1. The van der Waals surface area contributed by atoms with E-state index in [1.54, 1.807) is 37.8 Å². The molecule has 9 heteroatoms. The van der Waals surface area contributed by atoms with Gasteiger partial charge in [0, 0.05) is 17.4 Å². The van der Waals surface area contributed by atoms with Crippen LogP contribution >= 0.6 is 11.3 Å². The topological polar surface area (TPSA) is 72.5 Å². The molecular formula is C16H17F2N3O3S. The molecule has 1 fully saturated rings. The number of nitrogens with zero attached hydrogens (tertiary/aromatic N) is 1. The number of thiazole rings is 1. The van der Waals surface area contributed by atoms with E-state index in [0.717, 1.165) is 0 Å². The van der Waals surface area contributed by atoms with Gasteiger partial charge in [-0.2, -0.15) is 0 Å². The Kier molecular flexibility index (Phi) is 4.87. The molecule has 1 aliphatic rings. The van der Waals surface area contributed by atoms with Gasteiger partial charge in [-0.1, -0.05) is 0 Å². The molecule has 0 saturated carbocycles. The third kappa shape index (κ3) is 3.88. The largest absolute Gasteiger partial charge is 0.497 e. The molecule has 134 valence electrons. The number of carbonyl (C=O) groups excluding carboxylic acids is 1. The third-order valence-electron chi connectivity index (χ3n) is 3.84. The number of hydrogen-bond donors (Lipinski definition) is 2. The smallest absolute Gasteiger partial charge is 0.262 e. The van der Waals surface area contributed by atoms with E-state index in [2.05, 4.69) is 15.6 Å². The van der Waals surface area contributed by atoms with Crippen molar-refractivity contribution in [2.75, 3.05) is 26.1 Å². The second-order valence-electron chi connectivity index (χ2n) is 5.59. The monoisotopic (exact) mass is 369 g/mol. The van der Waals surface area contributed by atoms with Crippen LogP contribution in [0.5, 0.6) is 11.5 Å². The number of benzene rings is 1. The number of aromatic nitrogens is 1. The molecule has 0 bridgehead atoms. The highest BCUT2D eigenvalue weighted by atomic mass is 32.1. The number of ether oxygens (including phenoxy) is 2. The summed E-state index contributed by atoms with van der Waals surface area (Å²) >= 11 is 1.21. The summed E-state index contributed by atoms with van der Waals surface area (Å²) in [7, 11) is 3.11. The molecule has 0 aliphatic carbocycles. The number of methoxy groups -OCH3 is 2. The Labute approximate surface area is 147 Å². The van der Waals surface area contributed by atoms with Gasteiger partial charge in [-0.3, -0.25) is 10.1 Å². The predicted molar refractivity (Wildman–Crippen MR) is 90.6 cm³/mol. The molecule has 1 amide bonds. The SMILES string of the molecule is COc1ccc(OC)c(-c2csc(NC(=O)C3CC(F)(F)CN3)n2)c1. The maximum atomic E-state index is 13.2. The highest BCUT2D eigenvalue weighted by Crippen LogP contribution is 2.35. The van der Waals surface area contributed by atoms with Gasteiger partial charge >= 0.3 is 0 Å². The van der Waals surface area contributed by atoms with E-state index in [1.807, 2.05) is 0 Å². The van der Waals surface area contributed by atoms with Gasteiger partial charge in [-0.05, 0) is 18.2 Å². The van der Waals surface area contributed by atoms with E-state index in [9.17, 15) is 13.6 Å². The van der Waals surface area contributed by atoms with Gasteiger partial charge in [-0.15, -0.1) is 11.3 Å². The van der Waals surface area contributed by atoms with Crippen molar-refractivity contribution < 1.29 is 23.0 Å². The van der Waals surface area contributed by atoms with Gasteiger partial charge in [0.2, 0.25) is 5.91 Å². The Morgan fingerprint density at radius 2 is 2.20 bits per heavy atom. The van der Waals surface area contributed by atoms with Crippen molar-refractivity contribution in [3.63, 3.8) is 0 Å². The zero-order chi connectivity index (χ0) is 18.0. The van der Waals surface area contributed by atoms with Crippen LogP contribution in [-0.4, -0.2) is 43.6 Å². The van der Waals surface area contributed by atoms with Crippen LogP contribution < -0.4 is 20.1 Å². The predicted octanol–water partition coefficient (Wildman–Crippen LogP) is 2.76. The average Bonchev–Trinajstić information content (AvgIpc) is 3.20. The summed E-state index contributed by atoms with van der Waals surface area (Å²) in [6.45, 7) is -0.491. The van der Waals surface area contributed by atoms with Crippen molar-refractivity contribution in [3.05, 3.63) is 23.6 Å². The molecule has 3 rings (SSSR count). The zero-order valence-electron chi connectivity index (χ0n) is 13.6. The number of alkyl halides is 2. The Morgan fingerprint density at radius 1 is 1.40 bits per heavy atom. The lowest BCUT2D eigenvalue weighted by Gasteiger charge is -2.09. The van der Waals surface area contributed by atoms with Crippen molar-refractivity contribution in [1.82, 2.24) is 10.3 Å². The van der Waals surface area contributed by atoms with Gasteiger partial charge in [0.25, 0.3) is 5.92 Å². The van der Waals surface area contributed by atoms with E-state index in [1.165, 1.54) is 11.3 Å². The minimum absolute atomic E-state index is 0.335. The van der Waals surface area contributed by atoms with E-state index >= 15 is 0 Å². The Bertz CT molecular complexity index is 782. The second-order valence-corrected chi connectivity index (χ2v) is 6.45. The summed E-state index contributed by atoms with van der Waals surface area (Å²) in [5, 5.41) is 7.18. The molecule has 1 aromatic carbocycles. The van der Waals surface area contributed by atoms with Crippen LogP contribution in [0, 0.1) is 0 Å². The van der Waals surface area contributed by atoms with Gasteiger partial charge < -0.3 is 14.8 Å². The van der Waals surface area contributed by atoms with E-state index in [0.29, 0.717) is 27.9 Å². The normalized spacial score (nSPS) is 18.8. The lowest BCUT2D eigenvalue weighted by Crippen LogP contribution is -2.35. The Hall–Kier alpha value is -2.26. The van der Waals surface area contributed by atoms with E-state index in [-0.39, 0.29) is 0 Å². The van der Waals surface area contributed by atoms with Crippen molar-refractivity contribution >= 4 is 22.4 Å². The fraction of sp³-hybridized carbons (Fsp3) is 0.375. The summed E-state index contributed by atoms with van der Waals surface area (Å²) in [6, 6.07) is 4.38. The number of rotatable bonds is 5. The van der Waals surface area contributed by atoms with Crippen LogP contribution in [0.25, 0.3) is 11.3 Å². The van der Waals surface area contributed by atoms with Crippen molar-refractivity contribution in [1.29, 1.82) is 0 Å². The highest BCUT2D eigenvalue weighted by molar-refractivity contribution is 7.14. The van der Waals surface area contributed by atoms with Gasteiger partial charge in [0.15, 0.2) is 5.13 Å². The van der Waals surface area contributed by atoms with Gasteiger partial charge in [0.1, 0.15) is 11.5 Å². The molecule has 0 radical (unpaired) electrons. The van der Waals surface area contributed by atoms with Gasteiger partial charge in [0.05, 0.1) is 32.5 Å². The highest BCUT2D eigenvalue weighted by Gasteiger charge is 2.42. The summed E-state index contributed by atoms with van der Waals surface area (Å²) in [6.07, 6.45) is -0.513. The molecule has 2 heterocycles. The van der Waals surface area contributed by atoms with Crippen molar-refractivity contribution in [2.24, 2.45) is 0 Å². The molecule has 2 aromatic rings. The molecule has 1 unspecified atom stereocenters. The van der Waals surface area contributed by atoms with Crippen molar-refractivity contribution in [3.8, 4) is 22.8 Å². The summed E-state index contributed by atoms with van der Waals surface area (Å²) in [4.78, 5) is 16.4. The fourth-order valence-corrected chi connectivity index (χ4v) is 3.28. The minimum Gasteiger partial charge on any atom is -0.497 e. The van der Waals surface area contributed by atoms with Crippen LogP contribution in [0.1, 0.15) is 6.42 Å². The van der Waals surface area contributed by atoms with Crippen LogP contribution in [0.2, 0.25) is 0 Å². The summed E-state index contributed by atoms with van der Waals surface area (Å²) in [5.41, 5.74) is 1.31. The number of anilines is 1. The third-order valence-corrected chi connectivity index (χ3v) is 4.60. The standard InChI is InChI=1S/C16H17F2N3O3S/c1-23-9-3-4-13(24-2)10(5-9)12-7-25-15(20-12)21-14(22)11-6-16(17,18)8-19-11/h3-5,7,11,19H,6,8H2,1-2H3,(H,20,21,22). The molecule has 2 N–H and O–H groups in total. The second kappa shape index (κ2) is 6.93. The minimum atomic E-state index is -2.86. The quantitative estimate of drug-likeness (QED) is 0.848. The van der Waals surface area contributed by atoms with Crippen LogP contribution in [-0.2, 0) is 4.79 Å². The molecule has 6 nitrogen and oxygen atoms in total. The fourth-order valence-electron chi connectivity index (χ4n) is 2.56. The first-order chi connectivity index (χ1) is 11.9. The lowest BCUT2D eigenvalue weighted by atomic mass is 10.1. The van der Waals surface area contributed by atoms with E-state index < -0.39 is 30.8 Å². The first kappa shape index (κ1) is 17.6. The molecule has 0 spiro atoms. The Morgan fingerprint density at radius 3 is 2.84 bits per heavy atom. The first-order valence-electron chi connectivity index (χ1n) is 7.52. The summed E-state index contributed by atoms with van der Waals surface area (Å²) in [5.74, 6) is -2.12. The first-order valence-corrected chi connectivity index (χ1v) is 8.40. The Balaban J connectivity index is 1.76. The van der Waals surface area contributed by atoms with Crippen molar-refractivity contribution in [2.45, 2.75) is 18.4 Å². The maximum Gasteiger partial charge on any atom is 0.262 e. The molecule has 1 atom stereocenters. The molecule has 1 aliphatic heterocycles. The molecular weight excluding hydrogens is 352 g/mol.